The Morgan fingerprint density at radius 3 is 2.69 bits per heavy atom. The molecule has 2 atom stereocenters. The van der Waals surface area contributed by atoms with Gasteiger partial charge < -0.3 is 14.6 Å². The van der Waals surface area contributed by atoms with Crippen LogP contribution in [0.1, 0.15) is 29.8 Å². The third-order valence-electron chi connectivity index (χ3n) is 6.66. The molecule has 2 aromatic heterocycles. The summed E-state index contributed by atoms with van der Waals surface area (Å²) in [5.74, 6) is 0.777. The summed E-state index contributed by atoms with van der Waals surface area (Å²) in [4.78, 5) is 32.2. The number of rotatable bonds is 3. The van der Waals surface area contributed by atoms with Gasteiger partial charge in [0.05, 0.1) is 36.0 Å². The van der Waals surface area contributed by atoms with Crippen molar-refractivity contribution in [3.05, 3.63) is 76.5 Å². The van der Waals surface area contributed by atoms with Crippen molar-refractivity contribution in [1.29, 1.82) is 5.26 Å². The van der Waals surface area contributed by atoms with Crippen LogP contribution in [0.15, 0.2) is 59.5 Å². The SMILES string of the molecule is COc1ccc(OC(=O)N2C[C@@H]3C[C@H]2c2c(O)n(-c4ccc(C#N)c5ncccc45)c(=O)n23)cc1. The highest BCUT2D eigenvalue weighted by Gasteiger charge is 2.50. The maximum atomic E-state index is 13.4. The van der Waals surface area contributed by atoms with Crippen LogP contribution in [-0.2, 0) is 0 Å². The van der Waals surface area contributed by atoms with Gasteiger partial charge in [0.1, 0.15) is 23.3 Å². The number of carbonyl (C=O) groups is 1. The molecule has 0 spiro atoms. The van der Waals surface area contributed by atoms with E-state index in [1.165, 1.54) is 9.47 Å². The number of fused-ring (bicyclic) bond motifs is 6. The Morgan fingerprint density at radius 1 is 1.17 bits per heavy atom. The van der Waals surface area contributed by atoms with E-state index in [4.69, 9.17) is 9.47 Å². The fourth-order valence-corrected chi connectivity index (χ4v) is 5.11. The molecule has 4 aromatic rings. The molecule has 2 aliphatic rings. The second-order valence-corrected chi connectivity index (χ2v) is 8.44. The van der Waals surface area contributed by atoms with Gasteiger partial charge in [-0.25, -0.2) is 14.2 Å². The van der Waals surface area contributed by atoms with Crippen molar-refractivity contribution >= 4 is 17.0 Å². The maximum Gasteiger partial charge on any atom is 0.415 e. The van der Waals surface area contributed by atoms with Crippen LogP contribution in [0.2, 0.25) is 0 Å². The van der Waals surface area contributed by atoms with E-state index in [1.807, 2.05) is 0 Å². The van der Waals surface area contributed by atoms with Crippen molar-refractivity contribution in [2.75, 3.05) is 13.7 Å². The zero-order valence-corrected chi connectivity index (χ0v) is 18.6. The lowest BCUT2D eigenvalue weighted by Crippen LogP contribution is -2.39. The number of benzene rings is 2. The van der Waals surface area contributed by atoms with Gasteiger partial charge in [-0.05, 0) is 55.0 Å². The molecule has 6 rings (SSSR count). The van der Waals surface area contributed by atoms with Crippen LogP contribution in [0.3, 0.4) is 0 Å². The molecule has 10 heteroatoms. The summed E-state index contributed by atoms with van der Waals surface area (Å²) in [5, 5.41) is 21.2. The van der Waals surface area contributed by atoms with E-state index in [1.54, 1.807) is 66.4 Å². The first-order valence-corrected chi connectivity index (χ1v) is 11.0. The molecule has 1 saturated heterocycles. The van der Waals surface area contributed by atoms with E-state index in [-0.39, 0.29) is 11.9 Å². The molecule has 0 unspecified atom stereocenters. The van der Waals surface area contributed by atoms with Crippen LogP contribution in [0, 0.1) is 11.3 Å². The topological polar surface area (TPSA) is 123 Å². The Bertz CT molecular complexity index is 1600. The number of likely N-dealkylation sites (tertiary alicyclic amines) is 1. The van der Waals surface area contributed by atoms with Crippen LogP contribution in [-0.4, -0.2) is 43.9 Å². The summed E-state index contributed by atoms with van der Waals surface area (Å²) in [5.41, 5.74) is 1.21. The summed E-state index contributed by atoms with van der Waals surface area (Å²) < 4.78 is 13.4. The molecule has 10 nitrogen and oxygen atoms in total. The Morgan fingerprint density at radius 2 is 1.94 bits per heavy atom. The first-order valence-electron chi connectivity index (χ1n) is 11.0. The number of ether oxygens (including phenoxy) is 2. The number of aromatic hydroxyl groups is 1. The molecule has 0 saturated carbocycles. The average Bonchev–Trinajstić information content (AvgIpc) is 3.55. The van der Waals surface area contributed by atoms with E-state index in [9.17, 15) is 20.0 Å². The number of nitriles is 1. The number of hydrogen-bond acceptors (Lipinski definition) is 7. The third kappa shape index (κ3) is 2.98. The minimum atomic E-state index is -0.554. The molecule has 2 aromatic carbocycles. The molecular formula is C25H19N5O5. The van der Waals surface area contributed by atoms with Gasteiger partial charge in [0.25, 0.3) is 0 Å². The van der Waals surface area contributed by atoms with E-state index in [0.717, 1.165) is 0 Å². The molecule has 1 amide bonds. The lowest BCUT2D eigenvalue weighted by Gasteiger charge is -2.26. The Hall–Kier alpha value is -4.78. The highest BCUT2D eigenvalue weighted by molar-refractivity contribution is 5.91. The fraction of sp³-hybridized carbons (Fsp3) is 0.200. The zero-order chi connectivity index (χ0) is 24.3. The van der Waals surface area contributed by atoms with Crippen LogP contribution >= 0.6 is 0 Å². The van der Waals surface area contributed by atoms with E-state index in [2.05, 4.69) is 11.1 Å². The summed E-state index contributed by atoms with van der Waals surface area (Å²) in [6, 6.07) is 14.6. The molecular weight excluding hydrogens is 450 g/mol. The second kappa shape index (κ2) is 7.63. The van der Waals surface area contributed by atoms with Crippen molar-refractivity contribution in [1.82, 2.24) is 19.0 Å². The van der Waals surface area contributed by atoms with Crippen molar-refractivity contribution in [2.45, 2.75) is 18.5 Å². The summed E-state index contributed by atoms with van der Waals surface area (Å²) in [6.07, 6.45) is 1.54. The van der Waals surface area contributed by atoms with Crippen LogP contribution in [0.25, 0.3) is 16.6 Å². The molecule has 174 valence electrons. The highest BCUT2D eigenvalue weighted by Crippen LogP contribution is 2.49. The number of aromatic nitrogens is 3. The molecule has 0 aliphatic carbocycles. The quantitative estimate of drug-likeness (QED) is 0.489. The number of methoxy groups -OCH3 is 1. The van der Waals surface area contributed by atoms with E-state index >= 15 is 0 Å². The third-order valence-corrected chi connectivity index (χ3v) is 6.66. The Labute approximate surface area is 198 Å². The van der Waals surface area contributed by atoms with Crippen molar-refractivity contribution in [3.63, 3.8) is 0 Å². The fourth-order valence-electron chi connectivity index (χ4n) is 5.11. The van der Waals surface area contributed by atoms with Gasteiger partial charge in [-0.1, -0.05) is 0 Å². The largest absolute Gasteiger partial charge is 0.497 e. The summed E-state index contributed by atoms with van der Waals surface area (Å²) in [7, 11) is 1.55. The van der Waals surface area contributed by atoms with Crippen molar-refractivity contribution in [2.24, 2.45) is 0 Å². The Balaban J connectivity index is 1.38. The molecule has 4 heterocycles. The predicted molar refractivity (Wildman–Crippen MR) is 124 cm³/mol. The lowest BCUT2D eigenvalue weighted by molar-refractivity contribution is 0.140. The van der Waals surface area contributed by atoms with Crippen LogP contribution < -0.4 is 15.2 Å². The molecule has 2 bridgehead atoms. The molecule has 35 heavy (non-hydrogen) atoms. The summed E-state index contributed by atoms with van der Waals surface area (Å²) >= 11 is 0. The lowest BCUT2D eigenvalue weighted by atomic mass is 10.1. The van der Waals surface area contributed by atoms with Crippen molar-refractivity contribution < 1.29 is 19.4 Å². The minimum Gasteiger partial charge on any atom is -0.497 e. The van der Waals surface area contributed by atoms with Crippen LogP contribution in [0.5, 0.6) is 17.4 Å². The molecule has 0 radical (unpaired) electrons. The standard InChI is InChI=1S/C25H19N5O5/c1-34-16-5-7-17(8-6-16)35-25(33)28-13-15-11-20(28)22-23(31)30(24(32)29(15)22)19-9-4-14(12-26)21-18(19)3-2-10-27-21/h2-10,15,20,31H,11,13H2,1H3/t15-,20-/m0/s1. The monoisotopic (exact) mass is 469 g/mol. The highest BCUT2D eigenvalue weighted by atomic mass is 16.6. The van der Waals surface area contributed by atoms with Gasteiger partial charge in [0, 0.05) is 18.1 Å². The van der Waals surface area contributed by atoms with Gasteiger partial charge in [-0.2, -0.15) is 5.26 Å². The van der Waals surface area contributed by atoms with Gasteiger partial charge in [-0.15, -0.1) is 0 Å². The average molecular weight is 469 g/mol. The van der Waals surface area contributed by atoms with Gasteiger partial charge in [0.2, 0.25) is 5.88 Å². The second-order valence-electron chi connectivity index (χ2n) is 8.44. The molecule has 1 fully saturated rings. The number of imidazole rings is 1. The van der Waals surface area contributed by atoms with Crippen molar-refractivity contribution in [3.8, 4) is 29.1 Å². The predicted octanol–water partition coefficient (Wildman–Crippen LogP) is 3.27. The summed E-state index contributed by atoms with van der Waals surface area (Å²) in [6.45, 7) is 0.297. The van der Waals surface area contributed by atoms with E-state index in [0.29, 0.717) is 52.3 Å². The zero-order valence-electron chi connectivity index (χ0n) is 18.6. The maximum absolute atomic E-state index is 13.4. The first-order chi connectivity index (χ1) is 17.0. The minimum absolute atomic E-state index is 0.237. The van der Waals surface area contributed by atoms with Gasteiger partial charge in [0.15, 0.2) is 0 Å². The van der Waals surface area contributed by atoms with Crippen LogP contribution in [0.4, 0.5) is 4.79 Å². The molecule has 1 N–H and O–H groups in total. The number of hydrogen-bond donors (Lipinski definition) is 1. The number of carbonyl (C=O) groups excluding carboxylic acids is 1. The normalized spacial score (nSPS) is 17.9. The first kappa shape index (κ1) is 20.8. The van der Waals surface area contributed by atoms with E-state index < -0.39 is 17.8 Å². The number of amides is 1. The van der Waals surface area contributed by atoms with Gasteiger partial charge >= 0.3 is 11.8 Å². The number of nitrogens with zero attached hydrogens (tertiary/aromatic N) is 5. The Kier molecular flexibility index (Phi) is 4.54. The smallest absolute Gasteiger partial charge is 0.415 e. The number of pyridine rings is 1. The molecule has 2 aliphatic heterocycles. The van der Waals surface area contributed by atoms with Gasteiger partial charge in [-0.3, -0.25) is 14.5 Å².